The van der Waals surface area contributed by atoms with Crippen LogP contribution in [-0.4, -0.2) is 13.3 Å². The minimum absolute atomic E-state index is 0.438. The molecule has 0 saturated heterocycles. The van der Waals surface area contributed by atoms with Gasteiger partial charge >= 0.3 is 0 Å². The molecule has 20 heavy (non-hydrogen) atoms. The molecule has 0 unspecified atom stereocenters. The molecule has 0 N–H and O–H groups in total. The summed E-state index contributed by atoms with van der Waals surface area (Å²) in [5.74, 6) is -1.73. The molecule has 2 aromatic carbocycles. The Morgan fingerprint density at radius 1 is 1.00 bits per heavy atom. The van der Waals surface area contributed by atoms with Crippen LogP contribution in [0.25, 0.3) is 0 Å². The average Bonchev–Trinajstić information content (AvgIpc) is 2.38. The molecule has 104 valence electrons. The van der Waals surface area contributed by atoms with Gasteiger partial charge in [-0.25, -0.2) is 17.2 Å². The zero-order chi connectivity index (χ0) is 14.9. The van der Waals surface area contributed by atoms with Gasteiger partial charge in [0.1, 0.15) is 16.5 Å². The van der Waals surface area contributed by atoms with Crippen molar-refractivity contribution < 1.29 is 22.1 Å². The van der Waals surface area contributed by atoms with Gasteiger partial charge in [-0.3, -0.25) is 10.1 Å². The fourth-order valence-electron chi connectivity index (χ4n) is 1.62. The normalized spacial score (nSPS) is 11.3. The fourth-order valence-corrected chi connectivity index (χ4v) is 3.06. The van der Waals surface area contributed by atoms with E-state index in [0.29, 0.717) is 6.07 Å². The number of hydrogen-bond acceptors (Lipinski definition) is 4. The monoisotopic (exact) mass is 299 g/mol. The molecule has 0 aromatic heterocycles. The number of hydrogen-bond donors (Lipinski definition) is 0. The lowest BCUT2D eigenvalue weighted by Gasteiger charge is -2.05. The van der Waals surface area contributed by atoms with Crippen molar-refractivity contribution in [1.29, 1.82) is 0 Å². The zero-order valence-electron chi connectivity index (χ0n) is 9.79. The van der Waals surface area contributed by atoms with Crippen LogP contribution in [0.15, 0.2) is 52.3 Å². The van der Waals surface area contributed by atoms with Crippen molar-refractivity contribution in [2.24, 2.45) is 0 Å². The lowest BCUT2D eigenvalue weighted by atomic mass is 10.3. The third kappa shape index (κ3) is 2.50. The van der Waals surface area contributed by atoms with Gasteiger partial charge in [-0.05, 0) is 30.3 Å². The summed E-state index contributed by atoms with van der Waals surface area (Å²) < 4.78 is 50.5. The van der Waals surface area contributed by atoms with E-state index in [1.165, 1.54) is 0 Å². The second kappa shape index (κ2) is 4.97. The van der Waals surface area contributed by atoms with Crippen LogP contribution in [0, 0.1) is 21.7 Å². The van der Waals surface area contributed by atoms with E-state index in [0.717, 1.165) is 36.4 Å². The molecule has 0 amide bonds. The Balaban J connectivity index is 2.70. The molecule has 0 aliphatic heterocycles. The molecule has 2 aromatic rings. The van der Waals surface area contributed by atoms with E-state index in [-0.39, 0.29) is 0 Å². The predicted molar refractivity (Wildman–Crippen MR) is 64.9 cm³/mol. The average molecular weight is 299 g/mol. The second-order valence-electron chi connectivity index (χ2n) is 3.83. The van der Waals surface area contributed by atoms with Gasteiger partial charge < -0.3 is 0 Å². The number of sulfone groups is 1. The molecule has 5 nitrogen and oxygen atoms in total. The Morgan fingerprint density at radius 3 is 2.25 bits per heavy atom. The summed E-state index contributed by atoms with van der Waals surface area (Å²) in [7, 11) is -4.30. The Hall–Kier alpha value is -2.35. The quantitative estimate of drug-likeness (QED) is 0.496. The Bertz CT molecular complexity index is 790. The van der Waals surface area contributed by atoms with Crippen molar-refractivity contribution in [2.75, 3.05) is 0 Å². The summed E-state index contributed by atoms with van der Waals surface area (Å²) in [5.41, 5.74) is -0.894. The number of benzene rings is 2. The van der Waals surface area contributed by atoms with Gasteiger partial charge in [0, 0.05) is 0 Å². The van der Waals surface area contributed by atoms with E-state index < -0.39 is 41.9 Å². The first-order valence-corrected chi connectivity index (χ1v) is 6.75. The maximum Gasteiger partial charge on any atom is 0.291 e. The van der Waals surface area contributed by atoms with Gasteiger partial charge in [0.2, 0.25) is 9.84 Å². The van der Waals surface area contributed by atoms with Gasteiger partial charge in [0.25, 0.3) is 5.69 Å². The van der Waals surface area contributed by atoms with Gasteiger partial charge in [0.15, 0.2) is 0 Å². The summed E-state index contributed by atoms with van der Waals surface area (Å²) in [6, 6.07) is 6.13. The first-order valence-electron chi connectivity index (χ1n) is 5.27. The molecule has 2 rings (SSSR count). The van der Waals surface area contributed by atoms with Crippen LogP contribution in [0.4, 0.5) is 14.5 Å². The summed E-state index contributed by atoms with van der Waals surface area (Å²) >= 11 is 0. The smallest absolute Gasteiger partial charge is 0.258 e. The maximum absolute atomic E-state index is 13.1. The maximum atomic E-state index is 13.1. The molecule has 8 heteroatoms. The summed E-state index contributed by atoms with van der Waals surface area (Å²) in [6.45, 7) is 0. The van der Waals surface area contributed by atoms with Gasteiger partial charge in [0.05, 0.1) is 15.9 Å². The van der Waals surface area contributed by atoms with E-state index in [9.17, 15) is 27.3 Å². The van der Waals surface area contributed by atoms with Crippen molar-refractivity contribution in [1.82, 2.24) is 0 Å². The molecule has 0 radical (unpaired) electrons. The number of halogens is 2. The Labute approximate surface area is 112 Å². The molecule has 0 bridgehead atoms. The highest BCUT2D eigenvalue weighted by atomic mass is 32.2. The fraction of sp³-hybridized carbons (Fsp3) is 0. The molecule has 0 fully saturated rings. The first-order chi connectivity index (χ1) is 9.32. The van der Waals surface area contributed by atoms with Crippen LogP contribution in [0.5, 0.6) is 0 Å². The second-order valence-corrected chi connectivity index (χ2v) is 5.75. The standard InChI is InChI=1S/C12H7F2NO4S/c13-8-2-1-3-10(6-8)20(18,19)12-5-4-9(14)7-11(12)15(16)17/h1-7H. The molecule has 0 saturated carbocycles. The van der Waals surface area contributed by atoms with Crippen molar-refractivity contribution in [2.45, 2.75) is 9.79 Å². The van der Waals surface area contributed by atoms with Gasteiger partial charge in [-0.15, -0.1) is 0 Å². The topological polar surface area (TPSA) is 77.3 Å². The van der Waals surface area contributed by atoms with Crippen molar-refractivity contribution >= 4 is 15.5 Å². The predicted octanol–water partition coefficient (Wildman–Crippen LogP) is 2.71. The molecular weight excluding hydrogens is 292 g/mol. The van der Waals surface area contributed by atoms with Crippen LogP contribution in [-0.2, 0) is 9.84 Å². The van der Waals surface area contributed by atoms with Crippen LogP contribution in [0.2, 0.25) is 0 Å². The zero-order valence-corrected chi connectivity index (χ0v) is 10.6. The van der Waals surface area contributed by atoms with E-state index in [1.54, 1.807) is 0 Å². The van der Waals surface area contributed by atoms with E-state index in [4.69, 9.17) is 0 Å². The Kier molecular flexibility index (Phi) is 3.49. The van der Waals surface area contributed by atoms with Gasteiger partial charge in [-0.2, -0.15) is 0 Å². The van der Waals surface area contributed by atoms with Crippen molar-refractivity contribution in [3.63, 3.8) is 0 Å². The SMILES string of the molecule is O=[N+]([O-])c1cc(F)ccc1S(=O)(=O)c1cccc(F)c1. The highest BCUT2D eigenvalue weighted by molar-refractivity contribution is 7.91. The highest BCUT2D eigenvalue weighted by Crippen LogP contribution is 2.30. The minimum atomic E-state index is -4.30. The largest absolute Gasteiger partial charge is 0.291 e. The third-order valence-corrected chi connectivity index (χ3v) is 4.31. The Morgan fingerprint density at radius 2 is 1.65 bits per heavy atom. The van der Waals surface area contributed by atoms with Crippen LogP contribution in [0.3, 0.4) is 0 Å². The number of nitro benzene ring substituents is 1. The molecular formula is C12H7F2NO4S. The number of nitro groups is 1. The molecule has 0 atom stereocenters. The summed E-state index contributed by atoms with van der Waals surface area (Å²) in [4.78, 5) is 8.69. The molecule has 0 heterocycles. The van der Waals surface area contributed by atoms with E-state index in [2.05, 4.69) is 0 Å². The number of nitrogens with zero attached hydrogens (tertiary/aromatic N) is 1. The highest BCUT2D eigenvalue weighted by Gasteiger charge is 2.28. The molecule has 0 aliphatic carbocycles. The van der Waals surface area contributed by atoms with Crippen LogP contribution < -0.4 is 0 Å². The van der Waals surface area contributed by atoms with Gasteiger partial charge in [-0.1, -0.05) is 6.07 Å². The summed E-state index contributed by atoms with van der Waals surface area (Å²) in [6.07, 6.45) is 0. The first kappa shape index (κ1) is 14.1. The van der Waals surface area contributed by atoms with Crippen molar-refractivity contribution in [3.8, 4) is 0 Å². The lowest BCUT2D eigenvalue weighted by molar-refractivity contribution is -0.388. The van der Waals surface area contributed by atoms with Crippen LogP contribution >= 0.6 is 0 Å². The minimum Gasteiger partial charge on any atom is -0.258 e. The van der Waals surface area contributed by atoms with E-state index in [1.807, 2.05) is 0 Å². The third-order valence-electron chi connectivity index (χ3n) is 2.51. The molecule has 0 aliphatic rings. The number of rotatable bonds is 3. The van der Waals surface area contributed by atoms with Crippen LogP contribution in [0.1, 0.15) is 0 Å². The summed E-state index contributed by atoms with van der Waals surface area (Å²) in [5, 5.41) is 10.8. The van der Waals surface area contributed by atoms with Crippen molar-refractivity contribution in [3.05, 3.63) is 64.2 Å². The molecule has 0 spiro atoms. The van der Waals surface area contributed by atoms with E-state index >= 15 is 0 Å². The lowest BCUT2D eigenvalue weighted by Crippen LogP contribution is -2.06.